The molecule has 1 fully saturated rings. The first-order valence-corrected chi connectivity index (χ1v) is 8.79. The highest BCUT2D eigenvalue weighted by Gasteiger charge is 2.38. The van der Waals surface area contributed by atoms with E-state index < -0.39 is 0 Å². The fraction of sp³-hybridized carbons (Fsp3) is 0.316. The Bertz CT molecular complexity index is 603. The molecule has 2 aromatic carbocycles. The molecule has 0 bridgehead atoms. The fourth-order valence-corrected chi connectivity index (χ4v) is 3.83. The summed E-state index contributed by atoms with van der Waals surface area (Å²) < 4.78 is 12.0. The Morgan fingerprint density at radius 2 is 1.48 bits per heavy atom. The molecule has 0 aliphatic carbocycles. The van der Waals surface area contributed by atoms with Crippen molar-refractivity contribution in [2.45, 2.75) is 30.7 Å². The first kappa shape index (κ1) is 16.2. The SMILES string of the molecule is O=C[C@H]1SC[C@@H](OCc2ccccc2)[C@@H]1OCc1ccccc1. The van der Waals surface area contributed by atoms with Gasteiger partial charge in [0.2, 0.25) is 0 Å². The Labute approximate surface area is 141 Å². The third-order valence-electron chi connectivity index (χ3n) is 3.87. The van der Waals surface area contributed by atoms with Crippen LogP contribution in [-0.2, 0) is 27.5 Å². The summed E-state index contributed by atoms with van der Waals surface area (Å²) in [4.78, 5) is 11.3. The van der Waals surface area contributed by atoms with Crippen LogP contribution in [0.25, 0.3) is 0 Å². The van der Waals surface area contributed by atoms with Gasteiger partial charge in [-0.05, 0) is 11.1 Å². The van der Waals surface area contributed by atoms with E-state index in [1.54, 1.807) is 11.8 Å². The van der Waals surface area contributed by atoms with Crippen LogP contribution in [0.5, 0.6) is 0 Å². The number of hydrogen-bond acceptors (Lipinski definition) is 4. The van der Waals surface area contributed by atoms with Crippen LogP contribution in [0, 0.1) is 0 Å². The molecule has 3 atom stereocenters. The Kier molecular flexibility index (Phi) is 5.86. The zero-order valence-electron chi connectivity index (χ0n) is 12.8. The maximum Gasteiger partial charge on any atom is 0.135 e. The van der Waals surface area contributed by atoms with E-state index in [-0.39, 0.29) is 17.5 Å². The molecule has 1 saturated heterocycles. The molecule has 0 aromatic heterocycles. The van der Waals surface area contributed by atoms with Gasteiger partial charge < -0.3 is 14.3 Å². The van der Waals surface area contributed by atoms with Crippen molar-refractivity contribution in [2.24, 2.45) is 0 Å². The number of thioether (sulfide) groups is 1. The van der Waals surface area contributed by atoms with Gasteiger partial charge in [-0.2, -0.15) is 0 Å². The maximum absolute atomic E-state index is 11.3. The van der Waals surface area contributed by atoms with E-state index in [2.05, 4.69) is 0 Å². The van der Waals surface area contributed by atoms with Crippen LogP contribution in [0.15, 0.2) is 60.7 Å². The summed E-state index contributed by atoms with van der Waals surface area (Å²) in [7, 11) is 0. The van der Waals surface area contributed by atoms with Crippen molar-refractivity contribution in [3.05, 3.63) is 71.8 Å². The molecule has 1 aliphatic rings. The average molecular weight is 328 g/mol. The van der Waals surface area contributed by atoms with Gasteiger partial charge in [-0.3, -0.25) is 0 Å². The molecule has 0 radical (unpaired) electrons. The van der Waals surface area contributed by atoms with Gasteiger partial charge in [0.1, 0.15) is 12.4 Å². The van der Waals surface area contributed by atoms with Crippen LogP contribution in [0.4, 0.5) is 0 Å². The van der Waals surface area contributed by atoms with Crippen molar-refractivity contribution in [3.8, 4) is 0 Å². The number of rotatable bonds is 7. The Morgan fingerprint density at radius 3 is 2.04 bits per heavy atom. The molecule has 2 aromatic rings. The standard InChI is InChI=1S/C19H20O3S/c20-11-18-19(22-13-16-9-5-2-6-10-16)17(14-23-18)21-12-15-7-3-1-4-8-15/h1-11,17-19H,12-14H2/t17-,18-,19+/m1/s1. The molecule has 1 heterocycles. The molecule has 1 aliphatic heterocycles. The second kappa shape index (κ2) is 8.29. The number of carbonyl (C=O) groups excluding carboxylic acids is 1. The van der Waals surface area contributed by atoms with Crippen molar-refractivity contribution in [2.75, 3.05) is 5.75 Å². The lowest BCUT2D eigenvalue weighted by Crippen LogP contribution is -2.35. The van der Waals surface area contributed by atoms with Crippen LogP contribution in [-0.4, -0.2) is 29.5 Å². The van der Waals surface area contributed by atoms with Crippen molar-refractivity contribution in [1.82, 2.24) is 0 Å². The fourth-order valence-electron chi connectivity index (χ4n) is 2.61. The third-order valence-corrected chi connectivity index (χ3v) is 5.15. The minimum atomic E-state index is -0.193. The van der Waals surface area contributed by atoms with Gasteiger partial charge in [0, 0.05) is 5.75 Å². The van der Waals surface area contributed by atoms with Gasteiger partial charge >= 0.3 is 0 Å². The number of carbonyl (C=O) groups is 1. The molecule has 0 spiro atoms. The Morgan fingerprint density at radius 1 is 0.913 bits per heavy atom. The van der Waals surface area contributed by atoms with Crippen LogP contribution in [0.1, 0.15) is 11.1 Å². The van der Waals surface area contributed by atoms with Crippen molar-refractivity contribution in [1.29, 1.82) is 0 Å². The lowest BCUT2D eigenvalue weighted by Gasteiger charge is -2.22. The van der Waals surface area contributed by atoms with E-state index in [4.69, 9.17) is 9.47 Å². The smallest absolute Gasteiger partial charge is 0.135 e. The highest BCUT2D eigenvalue weighted by Crippen LogP contribution is 2.31. The molecule has 3 rings (SSSR count). The molecule has 0 unspecified atom stereocenters. The second-order valence-corrected chi connectivity index (χ2v) is 6.74. The van der Waals surface area contributed by atoms with E-state index in [1.165, 1.54) is 0 Å². The number of ether oxygens (including phenoxy) is 2. The Hall–Kier alpha value is -1.62. The Balaban J connectivity index is 1.58. The predicted molar refractivity (Wildman–Crippen MR) is 92.3 cm³/mol. The quantitative estimate of drug-likeness (QED) is 0.729. The normalized spacial score (nSPS) is 23.7. The van der Waals surface area contributed by atoms with Gasteiger partial charge in [0.15, 0.2) is 0 Å². The van der Waals surface area contributed by atoms with Crippen LogP contribution < -0.4 is 0 Å². The summed E-state index contributed by atoms with van der Waals surface area (Å²) in [5.41, 5.74) is 2.24. The van der Waals surface area contributed by atoms with Crippen molar-refractivity contribution < 1.29 is 14.3 Å². The van der Waals surface area contributed by atoms with Gasteiger partial charge in [0.05, 0.1) is 24.6 Å². The first-order chi connectivity index (χ1) is 11.4. The summed E-state index contributed by atoms with van der Waals surface area (Å²) in [6.07, 6.45) is 0.729. The zero-order valence-corrected chi connectivity index (χ0v) is 13.7. The van der Waals surface area contributed by atoms with Gasteiger partial charge in [-0.15, -0.1) is 11.8 Å². The molecule has 0 saturated carbocycles. The van der Waals surface area contributed by atoms with E-state index in [0.29, 0.717) is 13.2 Å². The number of hydrogen-bond donors (Lipinski definition) is 0. The van der Waals surface area contributed by atoms with Crippen LogP contribution in [0.3, 0.4) is 0 Å². The van der Waals surface area contributed by atoms with E-state index in [9.17, 15) is 4.79 Å². The highest BCUT2D eigenvalue weighted by atomic mass is 32.2. The van der Waals surface area contributed by atoms with E-state index >= 15 is 0 Å². The molecular formula is C19H20O3S. The second-order valence-electron chi connectivity index (χ2n) is 5.53. The zero-order chi connectivity index (χ0) is 15.9. The van der Waals surface area contributed by atoms with E-state index in [0.717, 1.165) is 23.2 Å². The summed E-state index contributed by atoms with van der Waals surface area (Å²) in [6, 6.07) is 20.1. The molecule has 4 heteroatoms. The molecule has 3 nitrogen and oxygen atoms in total. The van der Waals surface area contributed by atoms with Crippen LogP contribution in [0.2, 0.25) is 0 Å². The first-order valence-electron chi connectivity index (χ1n) is 7.75. The summed E-state index contributed by atoms with van der Waals surface area (Å²) in [6.45, 7) is 1.05. The number of benzene rings is 2. The maximum atomic E-state index is 11.3. The summed E-state index contributed by atoms with van der Waals surface area (Å²) in [5, 5.41) is -0.153. The minimum absolute atomic E-state index is 0.0564. The summed E-state index contributed by atoms with van der Waals surface area (Å²) in [5.74, 6) is 0.787. The lowest BCUT2D eigenvalue weighted by molar-refractivity contribution is -0.114. The van der Waals surface area contributed by atoms with Crippen molar-refractivity contribution >= 4 is 18.0 Å². The largest absolute Gasteiger partial charge is 0.370 e. The van der Waals surface area contributed by atoms with Crippen molar-refractivity contribution in [3.63, 3.8) is 0 Å². The molecule has 0 amide bonds. The average Bonchev–Trinajstić information content (AvgIpc) is 3.02. The van der Waals surface area contributed by atoms with Gasteiger partial charge in [-0.1, -0.05) is 60.7 Å². The van der Waals surface area contributed by atoms with Gasteiger partial charge in [-0.25, -0.2) is 0 Å². The topological polar surface area (TPSA) is 35.5 Å². The highest BCUT2D eigenvalue weighted by molar-refractivity contribution is 8.00. The third kappa shape index (κ3) is 4.44. The lowest BCUT2D eigenvalue weighted by atomic mass is 10.1. The van der Waals surface area contributed by atoms with E-state index in [1.807, 2.05) is 60.7 Å². The van der Waals surface area contributed by atoms with Crippen LogP contribution >= 0.6 is 11.8 Å². The molecular weight excluding hydrogens is 308 g/mol. The monoisotopic (exact) mass is 328 g/mol. The van der Waals surface area contributed by atoms with Gasteiger partial charge in [0.25, 0.3) is 0 Å². The predicted octanol–water partition coefficient (Wildman–Crippen LogP) is 3.47. The minimum Gasteiger partial charge on any atom is -0.370 e. The molecule has 120 valence electrons. The summed E-state index contributed by atoms with van der Waals surface area (Å²) >= 11 is 1.61. The molecule has 0 N–H and O–H groups in total. The number of aldehydes is 1. The molecule has 23 heavy (non-hydrogen) atoms.